The van der Waals surface area contributed by atoms with E-state index in [-0.39, 0.29) is 0 Å². The van der Waals surface area contributed by atoms with Crippen molar-refractivity contribution in [1.82, 2.24) is 10.3 Å². The number of nitrogens with zero attached hydrogens (tertiary/aromatic N) is 1. The number of hydrogen-bond acceptors (Lipinski definition) is 2. The summed E-state index contributed by atoms with van der Waals surface area (Å²) in [6.07, 6.45) is 5.17. The van der Waals surface area contributed by atoms with Gasteiger partial charge in [0.2, 0.25) is 0 Å². The first-order valence-electron chi connectivity index (χ1n) is 6.36. The van der Waals surface area contributed by atoms with Gasteiger partial charge in [-0.3, -0.25) is 4.98 Å². The van der Waals surface area contributed by atoms with Crippen LogP contribution >= 0.6 is 0 Å². The minimum atomic E-state index is 0.916. The lowest BCUT2D eigenvalue weighted by atomic mass is 10.1. The first-order valence-corrected chi connectivity index (χ1v) is 6.36. The smallest absolute Gasteiger partial charge is 0.0346 e. The van der Waals surface area contributed by atoms with E-state index in [2.05, 4.69) is 41.5 Å². The fourth-order valence-electron chi connectivity index (χ4n) is 2.33. The summed E-state index contributed by atoms with van der Waals surface area (Å²) in [5.41, 5.74) is 1.36. The summed E-state index contributed by atoms with van der Waals surface area (Å²) < 4.78 is 0. The highest BCUT2D eigenvalue weighted by atomic mass is 14.9. The third kappa shape index (κ3) is 2.47. The Bertz CT molecular complexity index is 521. The molecule has 0 spiro atoms. The Kier molecular flexibility index (Phi) is 2.81. The van der Waals surface area contributed by atoms with Crippen LogP contribution in [0.15, 0.2) is 36.7 Å². The summed E-state index contributed by atoms with van der Waals surface area (Å²) in [5.74, 6) is 1.85. The van der Waals surface area contributed by atoms with Gasteiger partial charge in [0.1, 0.15) is 0 Å². The monoisotopic (exact) mass is 226 g/mol. The van der Waals surface area contributed by atoms with Crippen LogP contribution in [0.3, 0.4) is 0 Å². The van der Waals surface area contributed by atoms with Crippen LogP contribution < -0.4 is 5.32 Å². The molecule has 17 heavy (non-hydrogen) atoms. The van der Waals surface area contributed by atoms with Gasteiger partial charge in [-0.2, -0.15) is 0 Å². The molecule has 1 heterocycles. The minimum absolute atomic E-state index is 0.916. The quantitative estimate of drug-likeness (QED) is 0.867. The Labute approximate surface area is 102 Å². The lowest BCUT2D eigenvalue weighted by molar-refractivity contribution is 0.612. The van der Waals surface area contributed by atoms with E-state index in [4.69, 9.17) is 0 Å². The van der Waals surface area contributed by atoms with Gasteiger partial charge in [0.15, 0.2) is 0 Å². The van der Waals surface area contributed by atoms with Gasteiger partial charge in [-0.15, -0.1) is 0 Å². The van der Waals surface area contributed by atoms with Crippen LogP contribution in [0.4, 0.5) is 0 Å². The third-order valence-corrected chi connectivity index (χ3v) is 3.72. The molecule has 2 atom stereocenters. The lowest BCUT2D eigenvalue weighted by Crippen LogP contribution is -2.16. The average Bonchev–Trinajstić information content (AvgIpc) is 3.05. The van der Waals surface area contributed by atoms with Gasteiger partial charge < -0.3 is 5.32 Å². The second-order valence-corrected chi connectivity index (χ2v) is 5.16. The number of rotatable bonds is 4. The van der Waals surface area contributed by atoms with Crippen LogP contribution in [0.1, 0.15) is 18.9 Å². The second kappa shape index (κ2) is 4.46. The summed E-state index contributed by atoms with van der Waals surface area (Å²) in [4.78, 5) is 4.13. The topological polar surface area (TPSA) is 24.9 Å². The highest BCUT2D eigenvalue weighted by molar-refractivity contribution is 5.81. The highest BCUT2D eigenvalue weighted by Crippen LogP contribution is 2.36. The average molecular weight is 226 g/mol. The molecule has 0 amide bonds. The Hall–Kier alpha value is -1.41. The molecule has 1 N–H and O–H groups in total. The number of pyridine rings is 1. The fraction of sp³-hybridized carbons (Fsp3) is 0.400. The zero-order chi connectivity index (χ0) is 11.7. The van der Waals surface area contributed by atoms with Crippen molar-refractivity contribution in [3.05, 3.63) is 42.2 Å². The molecule has 1 saturated carbocycles. The van der Waals surface area contributed by atoms with Gasteiger partial charge in [0.25, 0.3) is 0 Å². The zero-order valence-electron chi connectivity index (χ0n) is 10.2. The van der Waals surface area contributed by atoms with Gasteiger partial charge >= 0.3 is 0 Å². The van der Waals surface area contributed by atoms with E-state index >= 15 is 0 Å². The van der Waals surface area contributed by atoms with Crippen molar-refractivity contribution in [3.63, 3.8) is 0 Å². The summed E-state index contributed by atoms with van der Waals surface area (Å²) in [6, 6.07) is 8.66. The number of benzene rings is 1. The standard InChI is InChI=1S/C15H18N2/c1-11-6-15(11)10-17-8-12-2-3-14-9-16-5-4-13(14)7-12/h2-5,7,9,11,15,17H,6,8,10H2,1H3. The molecule has 2 heteroatoms. The van der Waals surface area contributed by atoms with Crippen LogP contribution in [0.25, 0.3) is 10.8 Å². The van der Waals surface area contributed by atoms with Crippen molar-refractivity contribution in [3.8, 4) is 0 Å². The van der Waals surface area contributed by atoms with E-state index in [1.54, 1.807) is 0 Å². The Morgan fingerprint density at radius 2 is 2.18 bits per heavy atom. The number of aromatic nitrogens is 1. The molecule has 2 nitrogen and oxygen atoms in total. The third-order valence-electron chi connectivity index (χ3n) is 3.72. The molecule has 3 rings (SSSR count). The summed E-state index contributed by atoms with van der Waals surface area (Å²) in [5, 5.41) is 6.03. The van der Waals surface area contributed by atoms with E-state index in [1.807, 2.05) is 12.4 Å². The predicted molar refractivity (Wildman–Crippen MR) is 70.7 cm³/mol. The summed E-state index contributed by atoms with van der Waals surface area (Å²) in [7, 11) is 0. The molecule has 2 unspecified atom stereocenters. The van der Waals surface area contributed by atoms with Crippen LogP contribution in [-0.2, 0) is 6.54 Å². The number of hydrogen-bond donors (Lipinski definition) is 1. The van der Waals surface area contributed by atoms with E-state index < -0.39 is 0 Å². The lowest BCUT2D eigenvalue weighted by Gasteiger charge is -2.05. The fourth-order valence-corrected chi connectivity index (χ4v) is 2.33. The Balaban J connectivity index is 1.64. The summed E-state index contributed by atoms with van der Waals surface area (Å²) >= 11 is 0. The maximum atomic E-state index is 4.13. The van der Waals surface area contributed by atoms with Gasteiger partial charge in [-0.1, -0.05) is 19.1 Å². The predicted octanol–water partition coefficient (Wildman–Crippen LogP) is 2.98. The molecule has 1 aliphatic rings. The first kappa shape index (κ1) is 10.7. The van der Waals surface area contributed by atoms with E-state index in [9.17, 15) is 0 Å². The molecular formula is C15H18N2. The molecule has 2 aromatic rings. The molecule has 0 radical (unpaired) electrons. The van der Waals surface area contributed by atoms with E-state index in [1.165, 1.54) is 22.8 Å². The molecule has 1 aliphatic carbocycles. The van der Waals surface area contributed by atoms with Gasteiger partial charge in [-0.25, -0.2) is 0 Å². The van der Waals surface area contributed by atoms with Crippen molar-refractivity contribution in [2.75, 3.05) is 6.54 Å². The molecule has 0 aliphatic heterocycles. The normalized spacial score (nSPS) is 22.9. The maximum Gasteiger partial charge on any atom is 0.0346 e. The van der Waals surface area contributed by atoms with Crippen LogP contribution in [0.5, 0.6) is 0 Å². The zero-order valence-corrected chi connectivity index (χ0v) is 10.2. The number of fused-ring (bicyclic) bond motifs is 1. The van der Waals surface area contributed by atoms with Gasteiger partial charge in [0, 0.05) is 24.3 Å². The van der Waals surface area contributed by atoms with Crippen molar-refractivity contribution in [2.45, 2.75) is 19.9 Å². The highest BCUT2D eigenvalue weighted by Gasteiger charge is 2.31. The molecule has 1 aromatic carbocycles. The largest absolute Gasteiger partial charge is 0.312 e. The van der Waals surface area contributed by atoms with Crippen molar-refractivity contribution < 1.29 is 0 Å². The maximum absolute atomic E-state index is 4.13. The molecule has 1 aromatic heterocycles. The van der Waals surface area contributed by atoms with Crippen molar-refractivity contribution >= 4 is 10.8 Å². The van der Waals surface area contributed by atoms with E-state index in [0.29, 0.717) is 0 Å². The van der Waals surface area contributed by atoms with Gasteiger partial charge in [-0.05, 0) is 47.9 Å². The van der Waals surface area contributed by atoms with Gasteiger partial charge in [0.05, 0.1) is 0 Å². The van der Waals surface area contributed by atoms with Crippen molar-refractivity contribution in [1.29, 1.82) is 0 Å². The molecule has 0 bridgehead atoms. The molecule has 0 saturated heterocycles. The Morgan fingerprint density at radius 3 is 3.00 bits per heavy atom. The summed E-state index contributed by atoms with van der Waals surface area (Å²) in [6.45, 7) is 4.46. The van der Waals surface area contributed by atoms with Crippen LogP contribution in [0.2, 0.25) is 0 Å². The molecular weight excluding hydrogens is 208 g/mol. The number of nitrogens with one attached hydrogen (secondary N) is 1. The van der Waals surface area contributed by atoms with Crippen LogP contribution in [-0.4, -0.2) is 11.5 Å². The second-order valence-electron chi connectivity index (χ2n) is 5.16. The first-order chi connectivity index (χ1) is 8.33. The van der Waals surface area contributed by atoms with Crippen LogP contribution in [0, 0.1) is 11.8 Å². The SMILES string of the molecule is CC1CC1CNCc1ccc2cnccc2c1. The Morgan fingerprint density at radius 1 is 1.29 bits per heavy atom. The molecule has 88 valence electrons. The van der Waals surface area contributed by atoms with Crippen molar-refractivity contribution in [2.24, 2.45) is 11.8 Å². The minimum Gasteiger partial charge on any atom is -0.312 e. The van der Waals surface area contributed by atoms with E-state index in [0.717, 1.165) is 24.9 Å². The molecule has 1 fully saturated rings.